The third-order valence-corrected chi connectivity index (χ3v) is 19.7. The van der Waals surface area contributed by atoms with Gasteiger partial charge >= 0.3 is 5.97 Å². The molecule has 0 radical (unpaired) electrons. The molecule has 0 saturated carbocycles. The van der Waals surface area contributed by atoms with E-state index in [2.05, 4.69) is 55.6 Å². The number of esters is 1. The fourth-order valence-corrected chi connectivity index (χ4v) is 13.2. The molecule has 1 aliphatic rings. The molecule has 11 heteroatoms. The normalized spacial score (nSPS) is 17.6. The van der Waals surface area contributed by atoms with Crippen LogP contribution >= 0.6 is 0 Å². The van der Waals surface area contributed by atoms with Crippen LogP contribution in [0.3, 0.4) is 0 Å². The van der Waals surface area contributed by atoms with Crippen molar-refractivity contribution in [2.45, 2.75) is 455 Å². The summed E-state index contributed by atoms with van der Waals surface area (Å²) in [5, 5.41) is 54.6. The molecule has 0 aromatic carbocycles. The number of ether oxygens (including phenoxy) is 3. The minimum atomic E-state index is -1.57. The van der Waals surface area contributed by atoms with Gasteiger partial charge in [0.2, 0.25) is 5.91 Å². The van der Waals surface area contributed by atoms with Crippen LogP contribution in [-0.2, 0) is 23.8 Å². The third kappa shape index (κ3) is 61.2. The second kappa shape index (κ2) is 72.9. The molecule has 1 amide bonds. The van der Waals surface area contributed by atoms with Crippen LogP contribution in [0.15, 0.2) is 48.6 Å². The average Bonchev–Trinajstić information content (AvgIpc) is 0.836. The summed E-state index contributed by atoms with van der Waals surface area (Å²) in [6, 6.07) is -0.808. The van der Waals surface area contributed by atoms with Crippen LogP contribution in [0.1, 0.15) is 412 Å². The van der Waals surface area contributed by atoms with Gasteiger partial charge in [0.25, 0.3) is 0 Å². The van der Waals surface area contributed by atoms with Gasteiger partial charge in [-0.3, -0.25) is 9.59 Å². The van der Waals surface area contributed by atoms with Crippen LogP contribution in [0.4, 0.5) is 0 Å². The molecule has 7 atom stereocenters. The van der Waals surface area contributed by atoms with Crippen molar-refractivity contribution in [3.63, 3.8) is 0 Å². The molecule has 1 aliphatic heterocycles. The zero-order valence-electron chi connectivity index (χ0n) is 62.4. The van der Waals surface area contributed by atoms with E-state index in [1.54, 1.807) is 6.08 Å². The molecule has 0 bridgehead atoms. The maximum absolute atomic E-state index is 13.1. The van der Waals surface area contributed by atoms with Gasteiger partial charge in [0, 0.05) is 12.8 Å². The average molecular weight is 1340 g/mol. The summed E-state index contributed by atoms with van der Waals surface area (Å²) in [5.74, 6) is -0.169. The first kappa shape index (κ1) is 90.6. The van der Waals surface area contributed by atoms with E-state index in [1.807, 2.05) is 6.08 Å². The second-order valence-electron chi connectivity index (χ2n) is 28.8. The van der Waals surface area contributed by atoms with Crippen molar-refractivity contribution in [2.24, 2.45) is 0 Å². The fraction of sp³-hybridized carbons (Fsp3) is 0.881. The minimum absolute atomic E-state index is 0.00714. The first-order valence-electron chi connectivity index (χ1n) is 41.4. The van der Waals surface area contributed by atoms with Gasteiger partial charge in [-0.25, -0.2) is 0 Å². The highest BCUT2D eigenvalue weighted by Gasteiger charge is 2.44. The predicted molar refractivity (Wildman–Crippen MR) is 403 cm³/mol. The van der Waals surface area contributed by atoms with Gasteiger partial charge in [0.05, 0.1) is 32.0 Å². The minimum Gasteiger partial charge on any atom is -0.466 e. The Morgan fingerprint density at radius 3 is 1.07 bits per heavy atom. The van der Waals surface area contributed by atoms with E-state index >= 15 is 0 Å². The van der Waals surface area contributed by atoms with Crippen LogP contribution in [0.5, 0.6) is 0 Å². The van der Waals surface area contributed by atoms with E-state index < -0.39 is 49.5 Å². The molecule has 95 heavy (non-hydrogen) atoms. The lowest BCUT2D eigenvalue weighted by atomic mass is 9.99. The molecule has 558 valence electrons. The number of aliphatic hydroxyl groups is 5. The number of unbranched alkanes of at least 4 members (excludes halogenated alkanes) is 54. The SMILES string of the molecule is CCCCCCCC/C=C\CCCCCCCC(=O)OCCCCCCCCCCCCCCCCC/C=C\C/C=C\CCCCCCCCCCCCCCCCCCCC(=O)NC(COC1OC(CO)C(O)C(O)C1O)C(O)/C=C/CCCCCCCCCCCCC. The molecule has 0 spiro atoms. The summed E-state index contributed by atoms with van der Waals surface area (Å²) in [6.07, 6.45) is 87.2. The van der Waals surface area contributed by atoms with Crippen molar-refractivity contribution >= 4 is 11.9 Å². The number of carbonyl (C=O) groups is 2. The summed E-state index contributed by atoms with van der Waals surface area (Å²) in [5.41, 5.74) is 0. The lowest BCUT2D eigenvalue weighted by Crippen LogP contribution is -2.60. The molecule has 0 aliphatic carbocycles. The van der Waals surface area contributed by atoms with Gasteiger partial charge < -0.3 is 45.1 Å². The smallest absolute Gasteiger partial charge is 0.305 e. The topological polar surface area (TPSA) is 175 Å². The van der Waals surface area contributed by atoms with Gasteiger partial charge in [0.1, 0.15) is 24.4 Å². The van der Waals surface area contributed by atoms with Gasteiger partial charge in [-0.1, -0.05) is 358 Å². The van der Waals surface area contributed by atoms with E-state index in [-0.39, 0.29) is 18.5 Å². The summed E-state index contributed by atoms with van der Waals surface area (Å²) in [6.45, 7) is 4.38. The number of amides is 1. The highest BCUT2D eigenvalue weighted by Crippen LogP contribution is 2.24. The monoisotopic (exact) mass is 1340 g/mol. The maximum Gasteiger partial charge on any atom is 0.305 e. The van der Waals surface area contributed by atoms with Gasteiger partial charge in [-0.2, -0.15) is 0 Å². The van der Waals surface area contributed by atoms with Crippen LogP contribution in [0.25, 0.3) is 0 Å². The molecular weight excluding hydrogens is 1180 g/mol. The first-order chi connectivity index (χ1) is 46.7. The van der Waals surface area contributed by atoms with Crippen molar-refractivity contribution in [1.82, 2.24) is 5.32 Å². The number of hydrogen-bond acceptors (Lipinski definition) is 10. The molecule has 1 heterocycles. The highest BCUT2D eigenvalue weighted by atomic mass is 16.7. The summed E-state index contributed by atoms with van der Waals surface area (Å²) >= 11 is 0. The summed E-state index contributed by atoms with van der Waals surface area (Å²) < 4.78 is 16.8. The Kier molecular flexibility index (Phi) is 69.5. The molecule has 1 rings (SSSR count). The lowest BCUT2D eigenvalue weighted by molar-refractivity contribution is -0.302. The Hall–Kier alpha value is -2.38. The van der Waals surface area contributed by atoms with Crippen LogP contribution in [0.2, 0.25) is 0 Å². The molecule has 0 aromatic rings. The summed E-state index contributed by atoms with van der Waals surface area (Å²) in [4.78, 5) is 25.2. The maximum atomic E-state index is 13.1. The summed E-state index contributed by atoms with van der Waals surface area (Å²) in [7, 11) is 0. The van der Waals surface area contributed by atoms with Gasteiger partial charge in [-0.15, -0.1) is 0 Å². The Morgan fingerprint density at radius 1 is 0.389 bits per heavy atom. The molecular formula is C84H157NO10. The fourth-order valence-electron chi connectivity index (χ4n) is 13.2. The molecule has 0 aromatic heterocycles. The lowest BCUT2D eigenvalue weighted by Gasteiger charge is -2.40. The van der Waals surface area contributed by atoms with Crippen LogP contribution in [0, 0.1) is 0 Å². The van der Waals surface area contributed by atoms with Crippen molar-refractivity contribution in [1.29, 1.82) is 0 Å². The molecule has 7 unspecified atom stereocenters. The Bertz CT molecular complexity index is 1720. The predicted octanol–water partition coefficient (Wildman–Crippen LogP) is 22.6. The van der Waals surface area contributed by atoms with E-state index in [1.165, 1.54) is 321 Å². The number of carbonyl (C=O) groups excluding carboxylic acids is 2. The number of hydrogen-bond donors (Lipinski definition) is 6. The van der Waals surface area contributed by atoms with Crippen LogP contribution < -0.4 is 5.32 Å². The standard InChI is InChI=1S/C84H157NO10/c1-3-5-7-9-11-13-15-17-43-48-52-56-60-64-68-72-80(89)93-73-69-65-61-57-53-49-45-42-40-38-36-34-32-30-28-26-24-22-20-18-19-21-23-25-27-29-31-33-35-37-39-41-44-47-51-55-59-63-67-71-79(88)85-76(75-94-84-83(92)82(91)81(90)78(74-86)95-84)77(87)70-66-62-58-54-50-46-16-14-12-10-8-6-4-2/h17-19,22,24,43,66,70,76-78,81-84,86-87,90-92H,3-16,20-21,23,25-42,44-65,67-69,71-75H2,1-2H3,(H,85,88)/b19-18-,24-22-,43-17-,70-66+. The first-order valence-corrected chi connectivity index (χ1v) is 41.4. The zero-order valence-corrected chi connectivity index (χ0v) is 62.4. The van der Waals surface area contributed by atoms with Crippen molar-refractivity contribution < 1.29 is 49.3 Å². The van der Waals surface area contributed by atoms with E-state index in [0.29, 0.717) is 19.4 Å². The Labute approximate surface area is 586 Å². The van der Waals surface area contributed by atoms with E-state index in [4.69, 9.17) is 14.2 Å². The van der Waals surface area contributed by atoms with Crippen LogP contribution in [-0.4, -0.2) is 100 Å². The van der Waals surface area contributed by atoms with E-state index in [9.17, 15) is 35.1 Å². The number of nitrogens with one attached hydrogen (secondary N) is 1. The molecule has 1 fully saturated rings. The second-order valence-corrected chi connectivity index (χ2v) is 28.8. The molecule has 11 nitrogen and oxygen atoms in total. The Balaban J connectivity index is 1.90. The highest BCUT2D eigenvalue weighted by molar-refractivity contribution is 5.76. The molecule has 6 N–H and O–H groups in total. The third-order valence-electron chi connectivity index (χ3n) is 19.7. The van der Waals surface area contributed by atoms with Gasteiger partial charge in [-0.05, 0) is 89.9 Å². The molecule has 1 saturated heterocycles. The van der Waals surface area contributed by atoms with Crippen molar-refractivity contribution in [3.05, 3.63) is 48.6 Å². The number of allylic oxidation sites excluding steroid dienone is 7. The number of aliphatic hydroxyl groups excluding tert-OH is 5. The van der Waals surface area contributed by atoms with Crippen molar-refractivity contribution in [3.8, 4) is 0 Å². The van der Waals surface area contributed by atoms with E-state index in [0.717, 1.165) is 64.2 Å². The zero-order chi connectivity index (χ0) is 68.6. The van der Waals surface area contributed by atoms with Gasteiger partial charge in [0.15, 0.2) is 6.29 Å². The van der Waals surface area contributed by atoms with Crippen molar-refractivity contribution in [2.75, 3.05) is 19.8 Å². The number of rotatable bonds is 74. The Morgan fingerprint density at radius 2 is 0.705 bits per heavy atom. The largest absolute Gasteiger partial charge is 0.466 e. The quantitative estimate of drug-likeness (QED) is 0.0195.